The van der Waals surface area contributed by atoms with Gasteiger partial charge in [-0.2, -0.15) is 0 Å². The summed E-state index contributed by atoms with van der Waals surface area (Å²) in [5, 5.41) is 6.48. The Morgan fingerprint density at radius 3 is 1.59 bits per heavy atom. The Balaban J connectivity index is 0.863. The van der Waals surface area contributed by atoms with Gasteiger partial charge in [-0.05, 0) is 76.3 Å². The van der Waals surface area contributed by atoms with E-state index in [1.807, 2.05) is 48.5 Å². The number of hydrogen-bond donors (Lipinski definition) is 0. The van der Waals surface area contributed by atoms with E-state index in [-0.39, 0.29) is 0 Å². The van der Waals surface area contributed by atoms with Gasteiger partial charge in [-0.15, -0.1) is 0 Å². The second-order valence-corrected chi connectivity index (χ2v) is 17.5. The monoisotopic (exact) mass is 882 g/mol. The van der Waals surface area contributed by atoms with Crippen LogP contribution in [0.4, 0.5) is 0 Å². The second kappa shape index (κ2) is 15.6. The molecule has 14 rings (SSSR count). The summed E-state index contributed by atoms with van der Waals surface area (Å²) in [6.07, 6.45) is 0. The number of hydrogen-bond acceptors (Lipinski definition) is 5. The molecule has 0 unspecified atom stereocenters. The van der Waals surface area contributed by atoms with Crippen molar-refractivity contribution in [3.63, 3.8) is 0 Å². The topological polar surface area (TPSA) is 69.9 Å². The zero-order chi connectivity index (χ0) is 45.4. The van der Waals surface area contributed by atoms with Crippen LogP contribution >= 0.6 is 0 Å². The van der Waals surface area contributed by atoms with Crippen LogP contribution in [0.2, 0.25) is 0 Å². The van der Waals surface area contributed by atoms with Crippen molar-refractivity contribution in [2.45, 2.75) is 0 Å². The highest BCUT2D eigenvalue weighted by molar-refractivity contribution is 6.16. The van der Waals surface area contributed by atoms with Gasteiger partial charge in [0.15, 0.2) is 17.5 Å². The molecule has 0 saturated carbocycles. The van der Waals surface area contributed by atoms with E-state index in [1.165, 1.54) is 21.9 Å². The summed E-state index contributed by atoms with van der Waals surface area (Å²) in [6.45, 7) is 0. The van der Waals surface area contributed by atoms with Crippen LogP contribution < -0.4 is 0 Å². The maximum Gasteiger partial charge on any atom is 0.164 e. The molecule has 0 fully saturated rings. The fourth-order valence-electron chi connectivity index (χ4n) is 10.2. The van der Waals surface area contributed by atoms with Gasteiger partial charge in [0.2, 0.25) is 0 Å². The quantitative estimate of drug-likeness (QED) is 0.159. The van der Waals surface area contributed by atoms with Gasteiger partial charge in [0.05, 0.1) is 11.0 Å². The van der Waals surface area contributed by atoms with E-state index in [0.29, 0.717) is 17.5 Å². The molecule has 0 amide bonds. The predicted octanol–water partition coefficient (Wildman–Crippen LogP) is 16.8. The van der Waals surface area contributed by atoms with E-state index in [0.717, 1.165) is 99.5 Å². The number of rotatable bonds is 7. The smallest absolute Gasteiger partial charge is 0.164 e. The normalized spacial score (nSPS) is 11.8. The molecule has 0 aliphatic carbocycles. The molecule has 14 aromatic rings. The van der Waals surface area contributed by atoms with Crippen molar-refractivity contribution >= 4 is 65.7 Å². The minimum Gasteiger partial charge on any atom is -0.456 e. The third kappa shape index (κ3) is 6.45. The third-order valence-corrected chi connectivity index (χ3v) is 13.5. The summed E-state index contributed by atoms with van der Waals surface area (Å²) in [5.74, 6) is 1.78. The Bertz CT molecular complexity index is 4290. The van der Waals surface area contributed by atoms with E-state index >= 15 is 0 Å². The molecular weight excluding hydrogens is 845 g/mol. The standard InChI is InChI=1S/C63H38N4O2/c1-4-14-39(15-5-1)41-26-28-43(29-27-41)62-64-61(42-18-8-3-9-19-42)65-63(66-62)52-23-13-25-56-59(52)51-22-12-21-47(60(51)69-56)45-30-33-49-50-34-32-46(38-58(50)68-57(49)37-45)67-54-24-11-10-20-48(54)53-36-44(31-35-55(53)67)40-16-6-2-7-17-40/h1-38H. The first-order chi connectivity index (χ1) is 34.2. The molecule has 69 heavy (non-hydrogen) atoms. The van der Waals surface area contributed by atoms with Crippen molar-refractivity contribution < 1.29 is 8.83 Å². The summed E-state index contributed by atoms with van der Waals surface area (Å²) in [5.41, 5.74) is 15.9. The van der Waals surface area contributed by atoms with Gasteiger partial charge in [-0.1, -0.05) is 176 Å². The lowest BCUT2D eigenvalue weighted by atomic mass is 9.99. The highest BCUT2D eigenvalue weighted by Crippen LogP contribution is 2.43. The molecule has 322 valence electrons. The summed E-state index contributed by atoms with van der Waals surface area (Å²) in [6, 6.07) is 80.3. The van der Waals surface area contributed by atoms with Gasteiger partial charge in [0, 0.05) is 66.3 Å². The Morgan fingerprint density at radius 1 is 0.290 bits per heavy atom. The van der Waals surface area contributed by atoms with Crippen LogP contribution in [0.3, 0.4) is 0 Å². The second-order valence-electron chi connectivity index (χ2n) is 17.5. The highest BCUT2D eigenvalue weighted by Gasteiger charge is 2.21. The minimum absolute atomic E-state index is 0.575. The predicted molar refractivity (Wildman–Crippen MR) is 281 cm³/mol. The molecule has 6 nitrogen and oxygen atoms in total. The zero-order valence-corrected chi connectivity index (χ0v) is 37.0. The highest BCUT2D eigenvalue weighted by atomic mass is 16.3. The number of benzene rings is 10. The van der Waals surface area contributed by atoms with Gasteiger partial charge in [-0.25, -0.2) is 15.0 Å². The van der Waals surface area contributed by atoms with Crippen molar-refractivity contribution in [3.05, 3.63) is 231 Å². The Morgan fingerprint density at radius 2 is 0.826 bits per heavy atom. The fraction of sp³-hybridized carbons (Fsp3) is 0. The van der Waals surface area contributed by atoms with Crippen LogP contribution in [0, 0.1) is 0 Å². The number of fused-ring (bicyclic) bond motifs is 9. The van der Waals surface area contributed by atoms with Crippen molar-refractivity contribution in [1.82, 2.24) is 19.5 Å². The number of aromatic nitrogens is 4. The Hall–Kier alpha value is -9.39. The maximum atomic E-state index is 6.81. The fourth-order valence-corrected chi connectivity index (χ4v) is 10.2. The molecule has 4 heterocycles. The van der Waals surface area contributed by atoms with E-state index in [1.54, 1.807) is 0 Å². The lowest BCUT2D eigenvalue weighted by Crippen LogP contribution is -2.00. The van der Waals surface area contributed by atoms with Crippen LogP contribution in [0.25, 0.3) is 139 Å². The summed E-state index contributed by atoms with van der Waals surface area (Å²) >= 11 is 0. The first kappa shape index (κ1) is 38.8. The Kier molecular flexibility index (Phi) is 8.79. The average molecular weight is 883 g/mol. The van der Waals surface area contributed by atoms with E-state index in [9.17, 15) is 0 Å². The SMILES string of the molecule is c1ccc(-c2ccc(-c3nc(-c4ccccc4)nc(-c4cccc5oc6c(-c7ccc8c(c7)oc7cc(-n9c%10ccccc%10c%10cc(-c%11ccccc%11)ccc%109)ccc78)cccc6c45)n3)cc2)cc1. The van der Waals surface area contributed by atoms with Crippen LogP contribution in [0.1, 0.15) is 0 Å². The molecule has 0 radical (unpaired) electrons. The number of para-hydroxylation sites is 2. The molecule has 6 heteroatoms. The van der Waals surface area contributed by atoms with E-state index < -0.39 is 0 Å². The lowest BCUT2D eigenvalue weighted by Gasteiger charge is -2.10. The van der Waals surface area contributed by atoms with E-state index in [2.05, 4.69) is 187 Å². The molecule has 0 aliphatic heterocycles. The van der Waals surface area contributed by atoms with Crippen molar-refractivity contribution in [3.8, 4) is 73.2 Å². The summed E-state index contributed by atoms with van der Waals surface area (Å²) in [4.78, 5) is 15.3. The molecule has 0 bridgehead atoms. The largest absolute Gasteiger partial charge is 0.456 e. The van der Waals surface area contributed by atoms with E-state index in [4.69, 9.17) is 23.8 Å². The van der Waals surface area contributed by atoms with Crippen LogP contribution in [-0.2, 0) is 0 Å². The molecular formula is C63H38N4O2. The van der Waals surface area contributed by atoms with Crippen molar-refractivity contribution in [2.75, 3.05) is 0 Å². The molecule has 0 N–H and O–H groups in total. The maximum absolute atomic E-state index is 6.81. The average Bonchev–Trinajstić information content (AvgIpc) is 4.10. The number of nitrogens with zero attached hydrogens (tertiary/aromatic N) is 4. The van der Waals surface area contributed by atoms with Gasteiger partial charge in [0.1, 0.15) is 22.3 Å². The van der Waals surface area contributed by atoms with Gasteiger partial charge < -0.3 is 13.4 Å². The first-order valence-electron chi connectivity index (χ1n) is 23.2. The Labute approximate surface area is 396 Å². The molecule has 0 atom stereocenters. The minimum atomic E-state index is 0.575. The van der Waals surface area contributed by atoms with Crippen molar-refractivity contribution in [2.24, 2.45) is 0 Å². The molecule has 0 spiro atoms. The lowest BCUT2D eigenvalue weighted by molar-refractivity contribution is 0.668. The zero-order valence-electron chi connectivity index (χ0n) is 37.0. The molecule has 0 aliphatic rings. The van der Waals surface area contributed by atoms with Gasteiger partial charge in [0.25, 0.3) is 0 Å². The molecule has 0 saturated heterocycles. The van der Waals surface area contributed by atoms with Crippen LogP contribution in [0.5, 0.6) is 0 Å². The van der Waals surface area contributed by atoms with Crippen LogP contribution in [0.15, 0.2) is 239 Å². The summed E-state index contributed by atoms with van der Waals surface area (Å²) < 4.78 is 15.9. The van der Waals surface area contributed by atoms with Crippen molar-refractivity contribution in [1.29, 1.82) is 0 Å². The molecule has 4 aromatic heterocycles. The van der Waals surface area contributed by atoms with Gasteiger partial charge in [-0.3, -0.25) is 0 Å². The third-order valence-electron chi connectivity index (χ3n) is 13.5. The van der Waals surface area contributed by atoms with Crippen LogP contribution in [-0.4, -0.2) is 19.5 Å². The summed E-state index contributed by atoms with van der Waals surface area (Å²) in [7, 11) is 0. The first-order valence-corrected chi connectivity index (χ1v) is 23.2. The molecule has 10 aromatic carbocycles. The number of furan rings is 2. The van der Waals surface area contributed by atoms with Gasteiger partial charge >= 0.3 is 0 Å².